The Morgan fingerprint density at radius 1 is 1.65 bits per heavy atom. The van der Waals surface area contributed by atoms with Crippen LogP contribution in [0.1, 0.15) is 38.9 Å². The molecule has 0 bridgehead atoms. The summed E-state index contributed by atoms with van der Waals surface area (Å²) in [6.07, 6.45) is 6.36. The van der Waals surface area contributed by atoms with Gasteiger partial charge in [-0.1, -0.05) is 13.3 Å². The van der Waals surface area contributed by atoms with Crippen molar-refractivity contribution in [2.75, 3.05) is 6.54 Å². The van der Waals surface area contributed by atoms with Crippen molar-refractivity contribution in [2.24, 2.45) is 11.1 Å². The summed E-state index contributed by atoms with van der Waals surface area (Å²) < 4.78 is 5.36. The molecule has 0 aliphatic heterocycles. The first-order valence-corrected chi connectivity index (χ1v) is 6.61. The number of nitrogens with two attached hydrogens (primary N) is 1. The first-order chi connectivity index (χ1) is 8.10. The van der Waals surface area contributed by atoms with Gasteiger partial charge in [0.25, 0.3) is 0 Å². The molecule has 3 atom stereocenters. The fraction of sp³-hybridized carbons (Fsp3) is 0.714. The molecular formula is C14H24N2O. The highest BCUT2D eigenvalue weighted by molar-refractivity contribution is 5.00. The fourth-order valence-electron chi connectivity index (χ4n) is 2.69. The van der Waals surface area contributed by atoms with Gasteiger partial charge in [0.1, 0.15) is 5.76 Å². The zero-order valence-corrected chi connectivity index (χ0v) is 10.9. The van der Waals surface area contributed by atoms with Crippen molar-refractivity contribution in [2.45, 2.75) is 51.6 Å². The fourth-order valence-corrected chi connectivity index (χ4v) is 2.69. The summed E-state index contributed by atoms with van der Waals surface area (Å²) in [6, 6.07) is 4.76. The summed E-state index contributed by atoms with van der Waals surface area (Å²) in [7, 11) is 0. The molecule has 96 valence electrons. The second-order valence-corrected chi connectivity index (χ2v) is 5.72. The van der Waals surface area contributed by atoms with E-state index in [2.05, 4.69) is 19.2 Å². The summed E-state index contributed by atoms with van der Waals surface area (Å²) in [6.45, 7) is 5.51. The third-order valence-electron chi connectivity index (χ3n) is 4.10. The summed E-state index contributed by atoms with van der Waals surface area (Å²) >= 11 is 0. The van der Waals surface area contributed by atoms with E-state index in [9.17, 15) is 0 Å². The predicted molar refractivity (Wildman–Crippen MR) is 69.8 cm³/mol. The largest absolute Gasteiger partial charge is 0.469 e. The first-order valence-electron chi connectivity index (χ1n) is 6.61. The minimum Gasteiger partial charge on any atom is -0.469 e. The van der Waals surface area contributed by atoms with E-state index in [-0.39, 0.29) is 5.41 Å². The average Bonchev–Trinajstić information content (AvgIpc) is 2.89. The van der Waals surface area contributed by atoms with Gasteiger partial charge >= 0.3 is 0 Å². The van der Waals surface area contributed by atoms with Crippen molar-refractivity contribution in [1.29, 1.82) is 0 Å². The molecule has 1 fully saturated rings. The van der Waals surface area contributed by atoms with E-state index in [1.54, 1.807) is 6.26 Å². The zero-order chi connectivity index (χ0) is 12.3. The van der Waals surface area contributed by atoms with Crippen LogP contribution in [-0.4, -0.2) is 18.6 Å². The molecule has 0 radical (unpaired) electrons. The van der Waals surface area contributed by atoms with Gasteiger partial charge in [0.05, 0.1) is 6.26 Å². The molecule has 3 N–H and O–H groups in total. The molecule has 17 heavy (non-hydrogen) atoms. The van der Waals surface area contributed by atoms with Crippen LogP contribution >= 0.6 is 0 Å². The second-order valence-electron chi connectivity index (χ2n) is 5.72. The van der Waals surface area contributed by atoms with Gasteiger partial charge in [0, 0.05) is 25.0 Å². The van der Waals surface area contributed by atoms with Crippen LogP contribution in [0.3, 0.4) is 0 Å². The third-order valence-corrected chi connectivity index (χ3v) is 4.10. The van der Waals surface area contributed by atoms with Gasteiger partial charge in [-0.05, 0) is 37.3 Å². The molecule has 1 aliphatic carbocycles. The van der Waals surface area contributed by atoms with Crippen molar-refractivity contribution in [3.63, 3.8) is 0 Å². The van der Waals surface area contributed by atoms with Crippen molar-refractivity contribution < 1.29 is 4.42 Å². The Morgan fingerprint density at radius 3 is 3.06 bits per heavy atom. The van der Waals surface area contributed by atoms with Gasteiger partial charge in [0.15, 0.2) is 0 Å². The number of furan rings is 1. The van der Waals surface area contributed by atoms with Crippen molar-refractivity contribution in [3.05, 3.63) is 24.2 Å². The van der Waals surface area contributed by atoms with Crippen LogP contribution in [0.5, 0.6) is 0 Å². The number of nitrogens with one attached hydrogen (secondary N) is 1. The highest BCUT2D eigenvalue weighted by Gasteiger charge is 2.36. The summed E-state index contributed by atoms with van der Waals surface area (Å²) in [5.41, 5.74) is 6.45. The second kappa shape index (κ2) is 5.23. The maximum Gasteiger partial charge on any atom is 0.105 e. The van der Waals surface area contributed by atoms with E-state index in [0.717, 1.165) is 18.7 Å². The molecule has 0 spiro atoms. The molecule has 1 saturated carbocycles. The zero-order valence-electron chi connectivity index (χ0n) is 10.9. The van der Waals surface area contributed by atoms with Crippen LogP contribution < -0.4 is 11.1 Å². The van der Waals surface area contributed by atoms with Gasteiger partial charge in [-0.15, -0.1) is 0 Å². The lowest BCUT2D eigenvalue weighted by molar-refractivity contribution is 0.264. The lowest BCUT2D eigenvalue weighted by atomic mass is 9.85. The van der Waals surface area contributed by atoms with Gasteiger partial charge < -0.3 is 15.5 Å². The van der Waals surface area contributed by atoms with Crippen LogP contribution in [0, 0.1) is 5.41 Å². The number of hydrogen-bond acceptors (Lipinski definition) is 3. The molecule has 1 aromatic rings. The molecule has 1 aromatic heterocycles. The van der Waals surface area contributed by atoms with Gasteiger partial charge in [-0.25, -0.2) is 0 Å². The van der Waals surface area contributed by atoms with E-state index in [1.807, 2.05) is 12.1 Å². The average molecular weight is 236 g/mol. The first kappa shape index (κ1) is 12.7. The Morgan fingerprint density at radius 2 is 2.47 bits per heavy atom. The topological polar surface area (TPSA) is 51.2 Å². The lowest BCUT2D eigenvalue weighted by Gasteiger charge is -2.30. The number of hydrogen-bond donors (Lipinski definition) is 2. The minimum atomic E-state index is 0.275. The van der Waals surface area contributed by atoms with E-state index < -0.39 is 0 Å². The Labute approximate surface area is 104 Å². The lowest BCUT2D eigenvalue weighted by Crippen LogP contribution is -2.45. The van der Waals surface area contributed by atoms with Gasteiger partial charge in [-0.3, -0.25) is 0 Å². The van der Waals surface area contributed by atoms with Crippen LogP contribution in [0.25, 0.3) is 0 Å². The molecule has 1 aliphatic rings. The van der Waals surface area contributed by atoms with Gasteiger partial charge in [-0.2, -0.15) is 0 Å². The molecule has 2 rings (SSSR count). The maximum atomic E-state index is 6.18. The van der Waals surface area contributed by atoms with E-state index in [0.29, 0.717) is 12.1 Å². The molecule has 0 amide bonds. The highest BCUT2D eigenvalue weighted by atomic mass is 16.3. The van der Waals surface area contributed by atoms with E-state index >= 15 is 0 Å². The van der Waals surface area contributed by atoms with Crippen molar-refractivity contribution in [1.82, 2.24) is 5.32 Å². The monoisotopic (exact) mass is 236 g/mol. The highest BCUT2D eigenvalue weighted by Crippen LogP contribution is 2.35. The molecule has 3 unspecified atom stereocenters. The molecule has 0 aromatic carbocycles. The Bertz CT molecular complexity index is 336. The molecule has 0 saturated heterocycles. The van der Waals surface area contributed by atoms with Crippen LogP contribution in [-0.2, 0) is 6.42 Å². The van der Waals surface area contributed by atoms with Gasteiger partial charge in [0.2, 0.25) is 0 Å². The normalized spacial score (nSPS) is 30.6. The number of rotatable bonds is 5. The van der Waals surface area contributed by atoms with Crippen LogP contribution in [0.2, 0.25) is 0 Å². The van der Waals surface area contributed by atoms with Crippen molar-refractivity contribution in [3.8, 4) is 0 Å². The summed E-state index contributed by atoms with van der Waals surface area (Å²) in [5, 5.41) is 3.59. The van der Waals surface area contributed by atoms with E-state index in [1.165, 1.54) is 19.3 Å². The standard InChI is InChI=1S/C14H24N2O/c1-11(9-12-5-4-8-17-12)16-10-14(2)7-3-6-13(14)15/h4-5,8,11,13,16H,3,6-7,9-10,15H2,1-2H3. The predicted octanol–water partition coefficient (Wildman–Crippen LogP) is 2.32. The Hall–Kier alpha value is -0.800. The minimum absolute atomic E-state index is 0.275. The SMILES string of the molecule is CC(Cc1ccco1)NCC1(C)CCCC1N. The molecule has 1 heterocycles. The molecule has 3 nitrogen and oxygen atoms in total. The van der Waals surface area contributed by atoms with Crippen LogP contribution in [0.4, 0.5) is 0 Å². The maximum absolute atomic E-state index is 6.18. The third kappa shape index (κ3) is 3.11. The summed E-state index contributed by atoms with van der Waals surface area (Å²) in [5.74, 6) is 1.05. The quantitative estimate of drug-likeness (QED) is 0.825. The molecular weight excluding hydrogens is 212 g/mol. The van der Waals surface area contributed by atoms with E-state index in [4.69, 9.17) is 10.2 Å². The molecule has 3 heteroatoms. The summed E-state index contributed by atoms with van der Waals surface area (Å²) in [4.78, 5) is 0. The van der Waals surface area contributed by atoms with Crippen molar-refractivity contribution >= 4 is 0 Å². The Kier molecular flexibility index (Phi) is 3.89. The Balaban J connectivity index is 1.78. The smallest absolute Gasteiger partial charge is 0.105 e. The van der Waals surface area contributed by atoms with Crippen LogP contribution in [0.15, 0.2) is 22.8 Å².